The average Bonchev–Trinajstić information content (AvgIpc) is 2.53. The fourth-order valence-corrected chi connectivity index (χ4v) is 2.92. The van der Waals surface area contributed by atoms with Crippen molar-refractivity contribution in [2.75, 3.05) is 5.32 Å². The Labute approximate surface area is 124 Å². The number of hydrogen-bond acceptors (Lipinski definition) is 2. The molecule has 1 N–H and O–H groups in total. The molecule has 0 aliphatic carbocycles. The van der Waals surface area contributed by atoms with Gasteiger partial charge in [0.25, 0.3) is 0 Å². The summed E-state index contributed by atoms with van der Waals surface area (Å²) in [6.07, 6.45) is 0. The summed E-state index contributed by atoms with van der Waals surface area (Å²) in [5, 5.41) is 7.79. The summed E-state index contributed by atoms with van der Waals surface area (Å²) in [5.41, 5.74) is 4.48. The van der Waals surface area contributed by atoms with E-state index in [1.165, 1.54) is 5.56 Å². The fourth-order valence-electron chi connectivity index (χ4n) is 1.81. The maximum atomic E-state index is 4.38. The van der Waals surface area contributed by atoms with Crippen molar-refractivity contribution in [3.8, 4) is 0 Å². The van der Waals surface area contributed by atoms with Gasteiger partial charge in [0.1, 0.15) is 0 Å². The molecule has 0 saturated carbocycles. The van der Waals surface area contributed by atoms with Crippen LogP contribution in [0.5, 0.6) is 0 Å². The molecule has 0 saturated heterocycles. The van der Waals surface area contributed by atoms with Crippen LogP contribution in [0.25, 0.3) is 0 Å². The second kappa shape index (κ2) is 5.45. The Morgan fingerprint density at radius 2 is 2.00 bits per heavy atom. The highest BCUT2D eigenvalue weighted by molar-refractivity contribution is 9.11. The van der Waals surface area contributed by atoms with E-state index in [-0.39, 0.29) is 0 Å². The summed E-state index contributed by atoms with van der Waals surface area (Å²) >= 11 is 7.14. The first-order valence-corrected chi connectivity index (χ1v) is 7.25. The number of aromatic nitrogens is 2. The number of aryl methyl sites for hydroxylation is 3. The number of rotatable bonds is 3. The van der Waals surface area contributed by atoms with Crippen LogP contribution < -0.4 is 5.32 Å². The molecule has 0 bridgehead atoms. The monoisotopic (exact) mass is 371 g/mol. The maximum Gasteiger partial charge on any atom is 0.0739 e. The number of nitrogens with one attached hydrogen (secondary N) is 1. The molecule has 0 atom stereocenters. The molecule has 1 heterocycles. The molecule has 1 aromatic heterocycles. The molecule has 96 valence electrons. The van der Waals surface area contributed by atoms with E-state index in [0.29, 0.717) is 0 Å². The van der Waals surface area contributed by atoms with Crippen molar-refractivity contribution in [2.24, 2.45) is 7.05 Å². The lowest BCUT2D eigenvalue weighted by atomic mass is 10.2. The molecular weight excluding hydrogens is 358 g/mol. The highest BCUT2D eigenvalue weighted by atomic mass is 79.9. The standard InChI is InChI=1S/C13H15Br2N3/c1-8-4-5-11(10(14)6-8)16-7-12-13(15)9(2)17-18(12)3/h4-6,16H,7H2,1-3H3. The summed E-state index contributed by atoms with van der Waals surface area (Å²) < 4.78 is 4.05. The number of hydrogen-bond donors (Lipinski definition) is 1. The third kappa shape index (κ3) is 2.78. The molecule has 2 aromatic rings. The average molecular weight is 373 g/mol. The van der Waals surface area contributed by atoms with Crippen LogP contribution in [0.15, 0.2) is 27.1 Å². The van der Waals surface area contributed by atoms with Gasteiger partial charge in [0, 0.05) is 17.2 Å². The topological polar surface area (TPSA) is 29.9 Å². The number of halogens is 2. The van der Waals surface area contributed by atoms with Crippen molar-refractivity contribution >= 4 is 37.5 Å². The van der Waals surface area contributed by atoms with E-state index in [1.54, 1.807) is 0 Å². The molecule has 2 rings (SSSR count). The van der Waals surface area contributed by atoms with Gasteiger partial charge in [-0.3, -0.25) is 4.68 Å². The first-order valence-electron chi connectivity index (χ1n) is 5.67. The van der Waals surface area contributed by atoms with Crippen molar-refractivity contribution in [1.82, 2.24) is 9.78 Å². The Hall–Kier alpha value is -0.810. The molecule has 18 heavy (non-hydrogen) atoms. The van der Waals surface area contributed by atoms with Crippen LogP contribution in [0.3, 0.4) is 0 Å². The molecule has 3 nitrogen and oxygen atoms in total. The molecule has 1 aromatic carbocycles. The van der Waals surface area contributed by atoms with Gasteiger partial charge in [-0.15, -0.1) is 0 Å². The zero-order valence-corrected chi connectivity index (χ0v) is 13.8. The van der Waals surface area contributed by atoms with Gasteiger partial charge in [-0.25, -0.2) is 0 Å². The Morgan fingerprint density at radius 1 is 1.28 bits per heavy atom. The molecule has 0 fully saturated rings. The summed E-state index contributed by atoms with van der Waals surface area (Å²) in [5.74, 6) is 0. The molecule has 0 spiro atoms. The maximum absolute atomic E-state index is 4.38. The molecule has 0 radical (unpaired) electrons. The van der Waals surface area contributed by atoms with Gasteiger partial charge in [0.2, 0.25) is 0 Å². The van der Waals surface area contributed by atoms with Crippen LogP contribution in [-0.4, -0.2) is 9.78 Å². The Morgan fingerprint density at radius 3 is 2.56 bits per heavy atom. The third-order valence-corrected chi connectivity index (χ3v) is 4.52. The second-order valence-electron chi connectivity index (χ2n) is 4.31. The van der Waals surface area contributed by atoms with E-state index in [4.69, 9.17) is 0 Å². The quantitative estimate of drug-likeness (QED) is 0.875. The van der Waals surface area contributed by atoms with E-state index >= 15 is 0 Å². The van der Waals surface area contributed by atoms with E-state index in [0.717, 1.165) is 32.6 Å². The van der Waals surface area contributed by atoms with Gasteiger partial charge in [-0.2, -0.15) is 5.10 Å². The van der Waals surface area contributed by atoms with Gasteiger partial charge in [0.15, 0.2) is 0 Å². The van der Waals surface area contributed by atoms with Gasteiger partial charge in [0.05, 0.1) is 22.4 Å². The lowest BCUT2D eigenvalue weighted by Gasteiger charge is -2.10. The van der Waals surface area contributed by atoms with Crippen LogP contribution >= 0.6 is 31.9 Å². The highest BCUT2D eigenvalue weighted by Gasteiger charge is 2.10. The first kappa shape index (κ1) is 13.6. The lowest BCUT2D eigenvalue weighted by Crippen LogP contribution is -2.06. The summed E-state index contributed by atoms with van der Waals surface area (Å²) in [6, 6.07) is 6.28. The second-order valence-corrected chi connectivity index (χ2v) is 5.95. The van der Waals surface area contributed by atoms with Gasteiger partial charge in [-0.05, 0) is 63.4 Å². The van der Waals surface area contributed by atoms with E-state index < -0.39 is 0 Å². The zero-order valence-electron chi connectivity index (χ0n) is 10.6. The third-order valence-electron chi connectivity index (χ3n) is 2.83. The lowest BCUT2D eigenvalue weighted by molar-refractivity contribution is 0.712. The van der Waals surface area contributed by atoms with Gasteiger partial charge < -0.3 is 5.32 Å². The predicted molar refractivity (Wildman–Crippen MR) is 81.9 cm³/mol. The van der Waals surface area contributed by atoms with Gasteiger partial charge in [-0.1, -0.05) is 6.07 Å². The Balaban J connectivity index is 2.16. The summed E-state index contributed by atoms with van der Waals surface area (Å²) in [4.78, 5) is 0. The Bertz CT molecular complexity index is 576. The normalized spacial score (nSPS) is 10.7. The first-order chi connectivity index (χ1) is 8.49. The van der Waals surface area contributed by atoms with Gasteiger partial charge >= 0.3 is 0 Å². The minimum atomic E-state index is 0.736. The van der Waals surface area contributed by atoms with E-state index in [2.05, 4.69) is 67.4 Å². The molecule has 0 aliphatic heterocycles. The summed E-state index contributed by atoms with van der Waals surface area (Å²) in [6.45, 7) is 4.81. The number of nitrogens with zero attached hydrogens (tertiary/aromatic N) is 2. The number of anilines is 1. The van der Waals surface area contributed by atoms with Crippen LogP contribution in [0.1, 0.15) is 17.0 Å². The predicted octanol–water partition coefficient (Wildman–Crippen LogP) is 4.17. The minimum Gasteiger partial charge on any atom is -0.378 e. The zero-order chi connectivity index (χ0) is 13.3. The van der Waals surface area contributed by atoms with Crippen LogP contribution in [-0.2, 0) is 13.6 Å². The molecule has 0 unspecified atom stereocenters. The number of benzene rings is 1. The van der Waals surface area contributed by atoms with Crippen molar-refractivity contribution in [1.29, 1.82) is 0 Å². The van der Waals surface area contributed by atoms with Crippen LogP contribution in [0.4, 0.5) is 5.69 Å². The van der Waals surface area contributed by atoms with Crippen molar-refractivity contribution in [3.63, 3.8) is 0 Å². The Kier molecular flexibility index (Phi) is 4.12. The van der Waals surface area contributed by atoms with Crippen molar-refractivity contribution in [2.45, 2.75) is 20.4 Å². The fraction of sp³-hybridized carbons (Fsp3) is 0.308. The van der Waals surface area contributed by atoms with Crippen LogP contribution in [0.2, 0.25) is 0 Å². The van der Waals surface area contributed by atoms with E-state index in [1.807, 2.05) is 18.7 Å². The largest absolute Gasteiger partial charge is 0.378 e. The van der Waals surface area contributed by atoms with Crippen molar-refractivity contribution < 1.29 is 0 Å². The molecule has 0 amide bonds. The molecular formula is C13H15Br2N3. The molecule has 5 heteroatoms. The smallest absolute Gasteiger partial charge is 0.0739 e. The summed E-state index contributed by atoms with van der Waals surface area (Å²) in [7, 11) is 1.96. The SMILES string of the molecule is Cc1ccc(NCc2c(Br)c(C)nn2C)c(Br)c1. The van der Waals surface area contributed by atoms with Crippen molar-refractivity contribution in [3.05, 3.63) is 44.1 Å². The molecule has 0 aliphatic rings. The van der Waals surface area contributed by atoms with E-state index in [9.17, 15) is 0 Å². The minimum absolute atomic E-state index is 0.736. The van der Waals surface area contributed by atoms with Crippen LogP contribution in [0, 0.1) is 13.8 Å². The highest BCUT2D eigenvalue weighted by Crippen LogP contribution is 2.26.